The van der Waals surface area contributed by atoms with Gasteiger partial charge < -0.3 is 5.11 Å². The molecule has 1 unspecified atom stereocenters. The Bertz CT molecular complexity index is 208. The number of nitrogens with zero attached hydrogens (tertiary/aromatic N) is 1. The number of aliphatic carboxylic acids is 1. The Kier molecular flexibility index (Phi) is 2.85. The summed E-state index contributed by atoms with van der Waals surface area (Å²) in [5, 5.41) is 8.21. The van der Waals surface area contributed by atoms with Crippen molar-refractivity contribution in [3.8, 4) is 0 Å². The maximum atomic E-state index is 12.7. The van der Waals surface area contributed by atoms with Crippen LogP contribution in [-0.2, 0) is 4.79 Å². The van der Waals surface area contributed by atoms with Gasteiger partial charge in [-0.3, -0.25) is 4.90 Å². The van der Waals surface area contributed by atoms with Gasteiger partial charge >= 0.3 is 11.9 Å². The number of likely N-dealkylation sites (tertiary alicyclic amines) is 1. The minimum Gasteiger partial charge on any atom is -0.477 e. The topological polar surface area (TPSA) is 40.5 Å². The van der Waals surface area contributed by atoms with Gasteiger partial charge in [-0.15, -0.1) is 0 Å². The predicted octanol–water partition coefficient (Wildman–Crippen LogP) is 1.19. The quantitative estimate of drug-likeness (QED) is 0.731. The minimum atomic E-state index is -3.61. The van der Waals surface area contributed by atoms with Crippen LogP contribution in [0, 0.1) is 0 Å². The molecule has 13 heavy (non-hydrogen) atoms. The summed E-state index contributed by atoms with van der Waals surface area (Å²) >= 11 is 0. The van der Waals surface area contributed by atoms with Crippen molar-refractivity contribution in [2.75, 3.05) is 13.1 Å². The molecule has 1 atom stereocenters. The molecule has 1 aliphatic heterocycles. The van der Waals surface area contributed by atoms with E-state index in [9.17, 15) is 13.6 Å². The minimum absolute atomic E-state index is 0.0743. The van der Waals surface area contributed by atoms with Gasteiger partial charge in [-0.2, -0.15) is 8.78 Å². The lowest BCUT2D eigenvalue weighted by Crippen LogP contribution is -2.43. The fourth-order valence-electron chi connectivity index (χ4n) is 1.55. The van der Waals surface area contributed by atoms with Crippen molar-refractivity contribution in [1.29, 1.82) is 0 Å². The molecule has 1 aliphatic rings. The van der Waals surface area contributed by atoms with Gasteiger partial charge in [-0.1, -0.05) is 0 Å². The molecule has 76 valence electrons. The molecular formula is C8H13F2NO2. The number of halogens is 2. The highest BCUT2D eigenvalue weighted by Gasteiger charge is 2.42. The van der Waals surface area contributed by atoms with Crippen LogP contribution in [0.2, 0.25) is 0 Å². The van der Waals surface area contributed by atoms with Crippen LogP contribution >= 0.6 is 0 Å². The van der Waals surface area contributed by atoms with Crippen molar-refractivity contribution in [2.45, 2.75) is 31.7 Å². The molecule has 0 spiro atoms. The second kappa shape index (κ2) is 3.57. The van der Waals surface area contributed by atoms with Gasteiger partial charge in [-0.05, 0) is 26.3 Å². The van der Waals surface area contributed by atoms with Crippen molar-refractivity contribution in [1.82, 2.24) is 4.90 Å². The Balaban J connectivity index is 2.52. The molecule has 0 aromatic heterocycles. The van der Waals surface area contributed by atoms with Crippen molar-refractivity contribution < 1.29 is 18.7 Å². The Morgan fingerprint density at radius 3 is 2.69 bits per heavy atom. The fraction of sp³-hybridized carbons (Fsp3) is 0.875. The van der Waals surface area contributed by atoms with Crippen LogP contribution in [0.4, 0.5) is 8.78 Å². The highest BCUT2D eigenvalue weighted by atomic mass is 19.3. The zero-order valence-corrected chi connectivity index (χ0v) is 7.46. The van der Waals surface area contributed by atoms with Crippen LogP contribution in [0.1, 0.15) is 19.8 Å². The van der Waals surface area contributed by atoms with Gasteiger partial charge in [0.25, 0.3) is 0 Å². The number of hydrogen-bond donors (Lipinski definition) is 1. The van der Waals surface area contributed by atoms with Crippen molar-refractivity contribution in [3.05, 3.63) is 0 Å². The van der Waals surface area contributed by atoms with E-state index in [4.69, 9.17) is 5.11 Å². The predicted molar refractivity (Wildman–Crippen MR) is 42.9 cm³/mol. The van der Waals surface area contributed by atoms with Gasteiger partial charge in [0.1, 0.15) is 0 Å². The molecule has 0 amide bonds. The number of alkyl halides is 2. The second-order valence-corrected chi connectivity index (χ2v) is 3.47. The molecular weight excluding hydrogens is 180 g/mol. The summed E-state index contributed by atoms with van der Waals surface area (Å²) < 4.78 is 25.5. The second-order valence-electron chi connectivity index (χ2n) is 3.47. The van der Waals surface area contributed by atoms with Gasteiger partial charge in [0.05, 0.1) is 6.54 Å². The maximum absolute atomic E-state index is 12.7. The molecule has 1 saturated heterocycles. The average molecular weight is 193 g/mol. The standard InChI is InChI=1S/C8H13F2NO2/c1-6-3-2-4-11(6)5-8(9,10)7(12)13/h6H,2-5H2,1H3,(H,12,13). The first-order valence-corrected chi connectivity index (χ1v) is 4.29. The average Bonchev–Trinajstić information content (AvgIpc) is 2.35. The van der Waals surface area contributed by atoms with E-state index in [0.29, 0.717) is 6.54 Å². The molecule has 1 heterocycles. The molecule has 3 nitrogen and oxygen atoms in total. The summed E-state index contributed by atoms with van der Waals surface area (Å²) in [6, 6.07) is 0.0743. The lowest BCUT2D eigenvalue weighted by molar-refractivity contribution is -0.167. The molecule has 5 heteroatoms. The van der Waals surface area contributed by atoms with Gasteiger partial charge in [-0.25, -0.2) is 4.79 Å². The third-order valence-corrected chi connectivity index (χ3v) is 2.41. The maximum Gasteiger partial charge on any atom is 0.375 e. The number of hydrogen-bond acceptors (Lipinski definition) is 2. The van der Waals surface area contributed by atoms with Crippen LogP contribution in [0.5, 0.6) is 0 Å². The summed E-state index contributed by atoms with van der Waals surface area (Å²) in [7, 11) is 0. The molecule has 0 bridgehead atoms. The Morgan fingerprint density at radius 2 is 2.31 bits per heavy atom. The van der Waals surface area contributed by atoms with E-state index in [1.807, 2.05) is 6.92 Å². The molecule has 1 fully saturated rings. The van der Waals surface area contributed by atoms with Crippen LogP contribution in [0.15, 0.2) is 0 Å². The van der Waals surface area contributed by atoms with E-state index in [1.54, 1.807) is 0 Å². The lowest BCUT2D eigenvalue weighted by Gasteiger charge is -2.24. The van der Waals surface area contributed by atoms with Crippen LogP contribution in [0.25, 0.3) is 0 Å². The zero-order chi connectivity index (χ0) is 10.1. The van der Waals surface area contributed by atoms with E-state index in [-0.39, 0.29) is 6.04 Å². The van der Waals surface area contributed by atoms with Gasteiger partial charge in [0.15, 0.2) is 0 Å². The van der Waals surface area contributed by atoms with Crippen LogP contribution < -0.4 is 0 Å². The van der Waals surface area contributed by atoms with Crippen molar-refractivity contribution in [2.24, 2.45) is 0 Å². The van der Waals surface area contributed by atoms with Crippen LogP contribution in [-0.4, -0.2) is 41.0 Å². The largest absolute Gasteiger partial charge is 0.477 e. The number of carboxylic acids is 1. The first-order chi connectivity index (χ1) is 5.93. The normalized spacial score (nSPS) is 25.0. The summed E-state index contributed by atoms with van der Waals surface area (Å²) in [5.41, 5.74) is 0. The zero-order valence-electron chi connectivity index (χ0n) is 7.46. The number of rotatable bonds is 3. The van der Waals surface area contributed by atoms with Crippen molar-refractivity contribution in [3.63, 3.8) is 0 Å². The molecule has 1 N–H and O–H groups in total. The molecule has 0 aromatic carbocycles. The fourth-order valence-corrected chi connectivity index (χ4v) is 1.55. The third-order valence-electron chi connectivity index (χ3n) is 2.41. The van der Waals surface area contributed by atoms with E-state index in [0.717, 1.165) is 12.8 Å². The molecule has 1 rings (SSSR count). The van der Waals surface area contributed by atoms with Crippen LogP contribution in [0.3, 0.4) is 0 Å². The molecule has 0 aliphatic carbocycles. The summed E-state index contributed by atoms with van der Waals surface area (Å²) in [5.74, 6) is -5.65. The summed E-state index contributed by atoms with van der Waals surface area (Å²) in [6.07, 6.45) is 1.74. The van der Waals surface area contributed by atoms with E-state index in [1.165, 1.54) is 4.90 Å². The first-order valence-electron chi connectivity index (χ1n) is 4.29. The smallest absolute Gasteiger partial charge is 0.375 e. The summed E-state index contributed by atoms with van der Waals surface area (Å²) in [4.78, 5) is 11.7. The SMILES string of the molecule is CC1CCCN1CC(F)(F)C(=O)O. The van der Waals surface area contributed by atoms with E-state index < -0.39 is 18.4 Å². The molecule has 0 saturated carbocycles. The Labute approximate surface area is 75.3 Å². The van der Waals surface area contributed by atoms with Gasteiger partial charge in [0.2, 0.25) is 0 Å². The van der Waals surface area contributed by atoms with Gasteiger partial charge in [0, 0.05) is 6.04 Å². The highest BCUT2D eigenvalue weighted by molar-refractivity contribution is 5.75. The Morgan fingerprint density at radius 1 is 1.69 bits per heavy atom. The number of carbonyl (C=O) groups is 1. The molecule has 0 radical (unpaired) electrons. The first kappa shape index (κ1) is 10.4. The van der Waals surface area contributed by atoms with E-state index in [2.05, 4.69) is 0 Å². The lowest BCUT2D eigenvalue weighted by atomic mass is 10.2. The number of carboxylic acid groups (broad SMARTS) is 1. The monoisotopic (exact) mass is 193 g/mol. The molecule has 0 aromatic rings. The Hall–Kier alpha value is -0.710. The van der Waals surface area contributed by atoms with Crippen molar-refractivity contribution >= 4 is 5.97 Å². The summed E-state index contributed by atoms with van der Waals surface area (Å²) in [6.45, 7) is 1.75. The van der Waals surface area contributed by atoms with E-state index >= 15 is 0 Å². The third kappa shape index (κ3) is 2.37. The highest BCUT2D eigenvalue weighted by Crippen LogP contribution is 2.22.